The van der Waals surface area contributed by atoms with Crippen LogP contribution in [0.25, 0.3) is 0 Å². The summed E-state index contributed by atoms with van der Waals surface area (Å²) in [5.41, 5.74) is 0.153. The molecule has 136 valence electrons. The maximum Gasteiger partial charge on any atom is 0.519 e. The summed E-state index contributed by atoms with van der Waals surface area (Å²) in [6.07, 6.45) is -1.01. The first-order chi connectivity index (χ1) is 12.1. The molecule has 0 aliphatic rings. The predicted molar refractivity (Wildman–Crippen MR) is 124 cm³/mol. The second-order valence-electron chi connectivity index (χ2n) is 4.60. The van der Waals surface area contributed by atoms with Crippen LogP contribution >= 0.6 is 90.4 Å². The number of hydrogen-bond donors (Lipinski definition) is 2. The minimum atomic E-state index is -1.09. The highest BCUT2D eigenvalue weighted by atomic mass is 127. The van der Waals surface area contributed by atoms with Crippen molar-refractivity contribution in [3.05, 3.63) is 49.7 Å². The zero-order valence-electron chi connectivity index (χ0n) is 12.3. The van der Waals surface area contributed by atoms with E-state index in [1.807, 2.05) is 90.4 Å². The molecule has 2 aromatic carbocycles. The minimum Gasteiger partial charge on any atom is -0.478 e. The van der Waals surface area contributed by atoms with Gasteiger partial charge < -0.3 is 19.7 Å². The van der Waals surface area contributed by atoms with Gasteiger partial charge in [-0.15, -0.1) is 0 Å². The standard InChI is InChI=1S/C15H6I4O7/c16-7-1-5(13(20)21)2-8(17)11(7)25-15(24)26-12-9(18)3-6(14(22)23)4-10(12)19/h1-4H,(H,20,21)(H,22,23). The lowest BCUT2D eigenvalue weighted by molar-refractivity contribution is 0.0686. The fourth-order valence-corrected chi connectivity index (χ4v) is 5.73. The van der Waals surface area contributed by atoms with Crippen molar-refractivity contribution in [2.45, 2.75) is 0 Å². The zero-order valence-corrected chi connectivity index (χ0v) is 20.9. The average Bonchev–Trinajstić information content (AvgIpc) is 2.53. The number of carbonyl (C=O) groups excluding carboxylic acids is 1. The highest BCUT2D eigenvalue weighted by molar-refractivity contribution is 14.1. The summed E-state index contributed by atoms with van der Waals surface area (Å²) in [5, 5.41) is 18.1. The third kappa shape index (κ3) is 5.31. The van der Waals surface area contributed by atoms with Crippen LogP contribution in [0.5, 0.6) is 11.5 Å². The van der Waals surface area contributed by atoms with Gasteiger partial charge in [-0.1, -0.05) is 0 Å². The van der Waals surface area contributed by atoms with Crippen molar-refractivity contribution < 1.29 is 34.1 Å². The van der Waals surface area contributed by atoms with E-state index in [-0.39, 0.29) is 22.6 Å². The van der Waals surface area contributed by atoms with E-state index < -0.39 is 18.1 Å². The van der Waals surface area contributed by atoms with E-state index in [0.29, 0.717) is 14.3 Å². The summed E-state index contributed by atoms with van der Waals surface area (Å²) in [4.78, 5) is 34.2. The molecule has 2 N–H and O–H groups in total. The first kappa shape index (κ1) is 21.9. The Bertz CT molecular complexity index is 807. The van der Waals surface area contributed by atoms with Crippen molar-refractivity contribution in [2.24, 2.45) is 0 Å². The summed E-state index contributed by atoms with van der Waals surface area (Å²) >= 11 is 7.46. The molecule has 0 saturated carbocycles. The van der Waals surface area contributed by atoms with Crippen LogP contribution in [0.4, 0.5) is 4.79 Å². The molecule has 0 aliphatic carbocycles. The molecule has 0 bridgehead atoms. The molecular formula is C15H6I4O7. The maximum atomic E-state index is 12.1. The highest BCUT2D eigenvalue weighted by Crippen LogP contribution is 2.32. The molecule has 26 heavy (non-hydrogen) atoms. The summed E-state index contributed by atoms with van der Waals surface area (Å²) < 4.78 is 12.2. The van der Waals surface area contributed by atoms with Crippen molar-refractivity contribution in [1.82, 2.24) is 0 Å². The molecule has 0 aliphatic heterocycles. The maximum absolute atomic E-state index is 12.1. The summed E-state index contributed by atoms with van der Waals surface area (Å²) in [5.74, 6) is -1.79. The van der Waals surface area contributed by atoms with E-state index in [9.17, 15) is 14.4 Å². The predicted octanol–water partition coefficient (Wildman–Crippen LogP) is 5.08. The lowest BCUT2D eigenvalue weighted by Crippen LogP contribution is -2.17. The lowest BCUT2D eigenvalue weighted by Gasteiger charge is -2.12. The Balaban J connectivity index is 2.25. The van der Waals surface area contributed by atoms with Gasteiger partial charge in [0, 0.05) is 0 Å². The van der Waals surface area contributed by atoms with E-state index in [4.69, 9.17) is 19.7 Å². The van der Waals surface area contributed by atoms with Crippen LogP contribution in [-0.2, 0) is 0 Å². The second kappa shape index (κ2) is 9.18. The van der Waals surface area contributed by atoms with E-state index >= 15 is 0 Å². The van der Waals surface area contributed by atoms with E-state index in [0.717, 1.165) is 0 Å². The number of ether oxygens (including phenoxy) is 2. The number of hydrogen-bond acceptors (Lipinski definition) is 5. The monoisotopic (exact) mass is 806 g/mol. The Kier molecular flexibility index (Phi) is 7.72. The molecule has 0 unspecified atom stereocenters. The van der Waals surface area contributed by atoms with Crippen LogP contribution in [0, 0.1) is 14.3 Å². The topological polar surface area (TPSA) is 110 Å². The number of halogens is 4. The van der Waals surface area contributed by atoms with E-state index in [1.54, 1.807) is 0 Å². The smallest absolute Gasteiger partial charge is 0.478 e. The third-order valence-corrected chi connectivity index (χ3v) is 6.07. The summed E-state index contributed by atoms with van der Waals surface area (Å²) in [6.45, 7) is 0. The normalized spacial score (nSPS) is 10.3. The summed E-state index contributed by atoms with van der Waals surface area (Å²) in [7, 11) is 0. The van der Waals surface area contributed by atoms with Gasteiger partial charge in [0.2, 0.25) is 0 Å². The molecule has 7 nitrogen and oxygen atoms in total. The first-order valence-corrected chi connectivity index (χ1v) is 10.8. The van der Waals surface area contributed by atoms with Crippen molar-refractivity contribution in [3.63, 3.8) is 0 Å². The van der Waals surface area contributed by atoms with Crippen molar-refractivity contribution in [1.29, 1.82) is 0 Å². The first-order valence-electron chi connectivity index (χ1n) is 6.44. The van der Waals surface area contributed by atoms with Gasteiger partial charge in [0.1, 0.15) is 0 Å². The SMILES string of the molecule is O=C(Oc1c(I)cc(C(=O)O)cc1I)Oc1c(I)cc(C(=O)O)cc1I. The fourth-order valence-electron chi connectivity index (χ4n) is 1.75. The van der Waals surface area contributed by atoms with Gasteiger partial charge in [0.25, 0.3) is 0 Å². The molecular weight excluding hydrogens is 800 g/mol. The highest BCUT2D eigenvalue weighted by Gasteiger charge is 2.20. The van der Waals surface area contributed by atoms with Gasteiger partial charge >= 0.3 is 18.1 Å². The van der Waals surface area contributed by atoms with Gasteiger partial charge in [-0.2, -0.15) is 0 Å². The number of aromatic carboxylic acids is 2. The van der Waals surface area contributed by atoms with Crippen LogP contribution in [0.15, 0.2) is 24.3 Å². The zero-order chi connectivity index (χ0) is 19.6. The van der Waals surface area contributed by atoms with Gasteiger partial charge in [0.05, 0.1) is 25.4 Å². The number of benzene rings is 2. The number of carboxylic acid groups (broad SMARTS) is 2. The number of carbonyl (C=O) groups is 3. The molecule has 0 radical (unpaired) electrons. The molecule has 0 aromatic heterocycles. The van der Waals surface area contributed by atoms with Crippen molar-refractivity contribution >= 4 is 108 Å². The minimum absolute atomic E-state index is 0.0767. The number of rotatable bonds is 4. The molecule has 2 aromatic rings. The van der Waals surface area contributed by atoms with Gasteiger partial charge in [-0.25, -0.2) is 14.4 Å². The quantitative estimate of drug-likeness (QED) is 0.252. The van der Waals surface area contributed by atoms with Crippen LogP contribution < -0.4 is 9.47 Å². The van der Waals surface area contributed by atoms with Gasteiger partial charge in [0.15, 0.2) is 11.5 Å². The molecule has 0 spiro atoms. The molecule has 0 atom stereocenters. The van der Waals surface area contributed by atoms with E-state index in [1.165, 1.54) is 24.3 Å². The molecule has 0 heterocycles. The van der Waals surface area contributed by atoms with Crippen LogP contribution in [0.1, 0.15) is 20.7 Å². The van der Waals surface area contributed by atoms with Crippen LogP contribution in [0.2, 0.25) is 0 Å². The molecule has 0 amide bonds. The Morgan fingerprint density at radius 1 is 0.654 bits per heavy atom. The largest absolute Gasteiger partial charge is 0.519 e. The average molecular weight is 806 g/mol. The van der Waals surface area contributed by atoms with Gasteiger partial charge in [-0.3, -0.25) is 0 Å². The van der Waals surface area contributed by atoms with E-state index in [2.05, 4.69) is 0 Å². The van der Waals surface area contributed by atoms with Crippen LogP contribution in [-0.4, -0.2) is 28.3 Å². The molecule has 0 fully saturated rings. The third-order valence-electron chi connectivity index (χ3n) is 2.86. The fraction of sp³-hybridized carbons (Fsp3) is 0. The number of carboxylic acids is 2. The Morgan fingerprint density at radius 3 is 1.15 bits per heavy atom. The molecule has 11 heteroatoms. The molecule has 2 rings (SSSR count). The Labute approximate surface area is 201 Å². The second-order valence-corrected chi connectivity index (χ2v) is 9.25. The van der Waals surface area contributed by atoms with Crippen LogP contribution in [0.3, 0.4) is 0 Å². The molecule has 0 saturated heterocycles. The summed E-state index contributed by atoms with van der Waals surface area (Å²) in [6, 6.07) is 5.51. The van der Waals surface area contributed by atoms with Crippen molar-refractivity contribution in [2.75, 3.05) is 0 Å². The van der Waals surface area contributed by atoms with Crippen molar-refractivity contribution in [3.8, 4) is 11.5 Å². The Hall–Kier alpha value is -0.430. The van der Waals surface area contributed by atoms with Gasteiger partial charge in [-0.05, 0) is 115 Å². The lowest BCUT2D eigenvalue weighted by atomic mass is 10.2. The Morgan fingerprint density at radius 2 is 0.923 bits per heavy atom.